The molecule has 2 heterocycles. The van der Waals surface area contributed by atoms with Gasteiger partial charge in [0.1, 0.15) is 4.88 Å². The summed E-state index contributed by atoms with van der Waals surface area (Å²) in [5.41, 5.74) is 1.01. The average molecular weight is 405 g/mol. The Morgan fingerprint density at radius 3 is 2.54 bits per heavy atom. The third-order valence-electron chi connectivity index (χ3n) is 4.15. The normalized spacial score (nSPS) is 13.4. The molecule has 0 aliphatic carbocycles. The number of fused-ring (bicyclic) bond motifs is 2. The Labute approximate surface area is 162 Å². The second-order valence-corrected chi connectivity index (χ2v) is 7.64. The van der Waals surface area contributed by atoms with E-state index in [0.717, 1.165) is 15.0 Å². The lowest BCUT2D eigenvalue weighted by Gasteiger charge is -2.05. The Kier molecular flexibility index (Phi) is 3.99. The number of nitrogens with zero attached hydrogens (tertiary/aromatic N) is 1. The molecular weight excluding hydrogens is 395 g/mol. The largest absolute Gasteiger partial charge is 0.321 e. The summed E-state index contributed by atoms with van der Waals surface area (Å²) in [6.07, 6.45) is 0. The number of anilines is 1. The number of halogens is 2. The molecule has 5 nitrogen and oxygen atoms in total. The number of imide groups is 1. The van der Waals surface area contributed by atoms with E-state index in [2.05, 4.69) is 5.32 Å². The summed E-state index contributed by atoms with van der Waals surface area (Å²) in [6, 6.07) is 9.83. The predicted octanol–water partition coefficient (Wildman–Crippen LogP) is 4.69. The number of nitrogens with one attached hydrogen (secondary N) is 1. The fourth-order valence-electron chi connectivity index (χ4n) is 2.81. The van der Waals surface area contributed by atoms with Crippen LogP contribution in [0.3, 0.4) is 0 Å². The summed E-state index contributed by atoms with van der Waals surface area (Å²) < 4.78 is 0.809. The molecule has 1 aromatic heterocycles. The summed E-state index contributed by atoms with van der Waals surface area (Å²) in [7, 11) is 1.42. The van der Waals surface area contributed by atoms with Crippen LogP contribution in [0.15, 0.2) is 36.4 Å². The molecule has 1 aliphatic rings. The molecule has 1 N–H and O–H groups in total. The molecule has 130 valence electrons. The fraction of sp³-hybridized carbons (Fsp3) is 0.0556. The Morgan fingerprint density at radius 1 is 1.04 bits per heavy atom. The van der Waals surface area contributed by atoms with Crippen molar-refractivity contribution in [1.29, 1.82) is 0 Å². The number of carbonyl (C=O) groups excluding carboxylic acids is 3. The first-order valence-corrected chi connectivity index (χ1v) is 9.09. The molecule has 0 spiro atoms. The molecule has 0 unspecified atom stereocenters. The SMILES string of the molecule is CN1C(=O)c2ccc(NC(=O)c3sc4cc(Cl)ccc4c3Cl)cc2C1=O. The minimum atomic E-state index is -0.393. The van der Waals surface area contributed by atoms with Crippen LogP contribution in [-0.2, 0) is 0 Å². The molecule has 0 radical (unpaired) electrons. The molecule has 1 aliphatic heterocycles. The van der Waals surface area contributed by atoms with Crippen molar-refractivity contribution in [2.75, 3.05) is 12.4 Å². The van der Waals surface area contributed by atoms with Gasteiger partial charge in [-0.25, -0.2) is 0 Å². The second kappa shape index (κ2) is 6.09. The van der Waals surface area contributed by atoms with E-state index in [-0.39, 0.29) is 11.5 Å². The van der Waals surface area contributed by atoms with Gasteiger partial charge in [0.15, 0.2) is 0 Å². The molecule has 3 aromatic rings. The van der Waals surface area contributed by atoms with E-state index >= 15 is 0 Å². The zero-order chi connectivity index (χ0) is 18.6. The third-order valence-corrected chi connectivity index (χ3v) is 6.04. The molecule has 0 atom stereocenters. The van der Waals surface area contributed by atoms with Gasteiger partial charge in [-0.3, -0.25) is 19.3 Å². The monoisotopic (exact) mass is 404 g/mol. The van der Waals surface area contributed by atoms with Crippen molar-refractivity contribution in [1.82, 2.24) is 4.90 Å². The Balaban J connectivity index is 1.67. The highest BCUT2D eigenvalue weighted by molar-refractivity contribution is 7.21. The first-order chi connectivity index (χ1) is 12.4. The summed E-state index contributed by atoms with van der Waals surface area (Å²) >= 11 is 13.5. The number of benzene rings is 2. The van der Waals surface area contributed by atoms with Gasteiger partial charge in [-0.15, -0.1) is 11.3 Å². The first kappa shape index (κ1) is 17.0. The maximum Gasteiger partial charge on any atom is 0.267 e. The van der Waals surface area contributed by atoms with Gasteiger partial charge < -0.3 is 5.32 Å². The van der Waals surface area contributed by atoms with Gasteiger partial charge in [0.25, 0.3) is 17.7 Å². The van der Waals surface area contributed by atoms with Gasteiger partial charge in [0.2, 0.25) is 0 Å². The van der Waals surface area contributed by atoms with Crippen LogP contribution in [0.1, 0.15) is 30.4 Å². The zero-order valence-corrected chi connectivity index (χ0v) is 15.6. The van der Waals surface area contributed by atoms with Crippen LogP contribution in [0, 0.1) is 0 Å². The van der Waals surface area contributed by atoms with Crippen molar-refractivity contribution >= 4 is 68.0 Å². The predicted molar refractivity (Wildman–Crippen MR) is 103 cm³/mol. The van der Waals surface area contributed by atoms with E-state index in [1.807, 2.05) is 0 Å². The molecule has 3 amide bonds. The van der Waals surface area contributed by atoms with E-state index < -0.39 is 11.8 Å². The molecule has 2 aromatic carbocycles. The second-order valence-electron chi connectivity index (χ2n) is 5.77. The quantitative estimate of drug-likeness (QED) is 0.630. The minimum absolute atomic E-state index is 0.268. The van der Waals surface area contributed by atoms with Crippen molar-refractivity contribution in [3.63, 3.8) is 0 Å². The van der Waals surface area contributed by atoms with Crippen LogP contribution in [0.25, 0.3) is 10.1 Å². The van der Waals surface area contributed by atoms with Gasteiger partial charge >= 0.3 is 0 Å². The van der Waals surface area contributed by atoms with Gasteiger partial charge in [0, 0.05) is 27.8 Å². The lowest BCUT2D eigenvalue weighted by molar-refractivity contribution is 0.0692. The van der Waals surface area contributed by atoms with Crippen molar-refractivity contribution in [2.24, 2.45) is 0 Å². The third kappa shape index (κ3) is 2.58. The highest BCUT2D eigenvalue weighted by Gasteiger charge is 2.32. The number of hydrogen-bond acceptors (Lipinski definition) is 4. The highest BCUT2D eigenvalue weighted by Crippen LogP contribution is 2.37. The van der Waals surface area contributed by atoms with Crippen LogP contribution in [0.2, 0.25) is 10.0 Å². The molecule has 0 bridgehead atoms. The zero-order valence-electron chi connectivity index (χ0n) is 13.3. The van der Waals surface area contributed by atoms with Crippen LogP contribution in [0.4, 0.5) is 5.69 Å². The van der Waals surface area contributed by atoms with E-state index in [1.54, 1.807) is 24.3 Å². The number of rotatable bonds is 2. The van der Waals surface area contributed by atoms with Crippen LogP contribution in [-0.4, -0.2) is 29.7 Å². The van der Waals surface area contributed by atoms with Crippen LogP contribution in [0.5, 0.6) is 0 Å². The van der Waals surface area contributed by atoms with E-state index in [0.29, 0.717) is 26.2 Å². The Bertz CT molecular complexity index is 1120. The van der Waals surface area contributed by atoms with Gasteiger partial charge in [-0.05, 0) is 30.3 Å². The molecule has 4 rings (SSSR count). The van der Waals surface area contributed by atoms with E-state index in [4.69, 9.17) is 23.2 Å². The highest BCUT2D eigenvalue weighted by atomic mass is 35.5. The molecule has 26 heavy (non-hydrogen) atoms. The van der Waals surface area contributed by atoms with Gasteiger partial charge in [0.05, 0.1) is 16.1 Å². The number of carbonyl (C=O) groups is 3. The summed E-state index contributed by atoms with van der Waals surface area (Å²) in [5, 5.41) is 4.40. The fourth-order valence-corrected chi connectivity index (χ4v) is 4.50. The number of amides is 3. The topological polar surface area (TPSA) is 66.5 Å². The number of hydrogen-bond donors (Lipinski definition) is 1. The van der Waals surface area contributed by atoms with Crippen molar-refractivity contribution in [2.45, 2.75) is 0 Å². The smallest absolute Gasteiger partial charge is 0.267 e. The van der Waals surface area contributed by atoms with Crippen LogP contribution < -0.4 is 5.32 Å². The standard InChI is InChI=1S/C18H10Cl2N2O3S/c1-22-17(24)10-5-3-9(7-12(10)18(22)25)21-16(23)15-14(20)11-4-2-8(19)6-13(11)26-15/h2-7H,1H3,(H,21,23). The number of thiophene rings is 1. The van der Waals surface area contributed by atoms with Crippen molar-refractivity contribution in [3.05, 3.63) is 62.4 Å². The van der Waals surface area contributed by atoms with E-state index in [1.165, 1.54) is 30.5 Å². The molecule has 0 saturated carbocycles. The average Bonchev–Trinajstić information content (AvgIpc) is 3.05. The Hall–Kier alpha value is -2.41. The lowest BCUT2D eigenvalue weighted by Crippen LogP contribution is -2.24. The Morgan fingerprint density at radius 2 is 1.77 bits per heavy atom. The molecular formula is C18H10Cl2N2O3S. The molecule has 0 saturated heterocycles. The first-order valence-electron chi connectivity index (χ1n) is 7.52. The van der Waals surface area contributed by atoms with E-state index in [9.17, 15) is 14.4 Å². The minimum Gasteiger partial charge on any atom is -0.321 e. The van der Waals surface area contributed by atoms with Crippen molar-refractivity contribution in [3.8, 4) is 0 Å². The maximum atomic E-state index is 12.6. The lowest BCUT2D eigenvalue weighted by atomic mass is 10.1. The van der Waals surface area contributed by atoms with Crippen molar-refractivity contribution < 1.29 is 14.4 Å². The maximum absolute atomic E-state index is 12.6. The molecule has 8 heteroatoms. The summed E-state index contributed by atoms with van der Waals surface area (Å²) in [6.45, 7) is 0. The summed E-state index contributed by atoms with van der Waals surface area (Å²) in [4.78, 5) is 38.0. The van der Waals surface area contributed by atoms with Gasteiger partial charge in [-0.2, -0.15) is 0 Å². The summed E-state index contributed by atoms with van der Waals surface area (Å²) in [5.74, 6) is -1.14. The van der Waals surface area contributed by atoms with Crippen LogP contribution >= 0.6 is 34.5 Å². The van der Waals surface area contributed by atoms with Gasteiger partial charge in [-0.1, -0.05) is 29.3 Å². The molecule has 0 fully saturated rings.